The van der Waals surface area contributed by atoms with Gasteiger partial charge in [-0.3, -0.25) is 4.79 Å². The van der Waals surface area contributed by atoms with Crippen LogP contribution in [-0.4, -0.2) is 29.3 Å². The molecule has 5 nitrogen and oxygen atoms in total. The van der Waals surface area contributed by atoms with E-state index in [9.17, 15) is 48.7 Å². The largest absolute Gasteiger partial charge is 0.481 e. The average Bonchev–Trinajstić information content (AvgIpc) is 2.83. The highest BCUT2D eigenvalue weighted by molar-refractivity contribution is 5.94. The van der Waals surface area contributed by atoms with Crippen molar-refractivity contribution in [1.29, 1.82) is 0 Å². The fourth-order valence-corrected chi connectivity index (χ4v) is 3.09. The van der Waals surface area contributed by atoms with Crippen molar-refractivity contribution in [2.75, 3.05) is 5.32 Å². The summed E-state index contributed by atoms with van der Waals surface area (Å²) in [4.78, 5) is 15.9. The van der Waals surface area contributed by atoms with Crippen LogP contribution in [0.5, 0.6) is 17.4 Å². The summed E-state index contributed by atoms with van der Waals surface area (Å²) in [5.74, 6) is -0.646. The fraction of sp³-hybridized carbons (Fsp3) is 0.250. The fourth-order valence-electron chi connectivity index (χ4n) is 3.09. The highest BCUT2D eigenvalue weighted by Gasteiger charge is 2.73. The number of carbonyl (C=O) groups is 1. The zero-order valence-electron chi connectivity index (χ0n) is 19.4. The molecule has 39 heavy (non-hydrogen) atoms. The van der Waals surface area contributed by atoms with Crippen LogP contribution in [0.3, 0.4) is 0 Å². The van der Waals surface area contributed by atoms with E-state index in [-0.39, 0.29) is 35.2 Å². The zero-order valence-corrected chi connectivity index (χ0v) is 19.4. The number of pyridine rings is 1. The topological polar surface area (TPSA) is 60.5 Å². The van der Waals surface area contributed by atoms with Crippen LogP contribution in [0.2, 0.25) is 0 Å². The van der Waals surface area contributed by atoms with Gasteiger partial charge in [0.15, 0.2) is 6.10 Å². The van der Waals surface area contributed by atoms with E-state index in [1.54, 1.807) is 0 Å². The minimum atomic E-state index is -6.27. The SMILES string of the molecule is C[C@@H](Oc1ccc(Oc2ccc(C(F)(F)F)cn2)cc1)C(=O)Nc1ccc(C(F)(C(F)(F)F)C(F)(F)F)cc1. The van der Waals surface area contributed by atoms with Crippen LogP contribution < -0.4 is 14.8 Å². The van der Waals surface area contributed by atoms with E-state index in [2.05, 4.69) is 10.3 Å². The third-order valence-electron chi connectivity index (χ3n) is 5.12. The van der Waals surface area contributed by atoms with Crippen LogP contribution in [0.15, 0.2) is 66.9 Å². The molecular weight excluding hydrogens is 554 g/mol. The van der Waals surface area contributed by atoms with E-state index >= 15 is 0 Å². The number of halogens is 10. The Labute approximate surface area is 213 Å². The lowest BCUT2D eigenvalue weighted by molar-refractivity contribution is -0.348. The van der Waals surface area contributed by atoms with Crippen molar-refractivity contribution in [3.05, 3.63) is 78.0 Å². The first-order chi connectivity index (χ1) is 17.9. The lowest BCUT2D eigenvalue weighted by atomic mass is 9.94. The van der Waals surface area contributed by atoms with Crippen LogP contribution in [0.1, 0.15) is 18.1 Å². The maximum atomic E-state index is 14.1. The summed E-state index contributed by atoms with van der Waals surface area (Å²) in [7, 11) is 0. The van der Waals surface area contributed by atoms with Gasteiger partial charge in [0.25, 0.3) is 5.91 Å². The Kier molecular flexibility index (Phi) is 8.03. The van der Waals surface area contributed by atoms with Crippen LogP contribution in [0.25, 0.3) is 0 Å². The summed E-state index contributed by atoms with van der Waals surface area (Å²) in [6, 6.07) is 9.10. The molecule has 0 saturated carbocycles. The molecule has 0 fully saturated rings. The Bertz CT molecular complexity index is 1260. The Hall–Kier alpha value is -4.04. The highest BCUT2D eigenvalue weighted by atomic mass is 19.4. The van der Waals surface area contributed by atoms with E-state index in [1.807, 2.05) is 0 Å². The number of nitrogens with zero attached hydrogens (tertiary/aromatic N) is 1. The number of anilines is 1. The van der Waals surface area contributed by atoms with E-state index in [4.69, 9.17) is 9.47 Å². The first kappa shape index (κ1) is 29.5. The second-order valence-electron chi connectivity index (χ2n) is 7.94. The van der Waals surface area contributed by atoms with Gasteiger partial charge in [0.1, 0.15) is 11.5 Å². The molecule has 210 valence electrons. The van der Waals surface area contributed by atoms with Gasteiger partial charge in [-0.2, -0.15) is 39.5 Å². The summed E-state index contributed by atoms with van der Waals surface area (Å²) in [5, 5.41) is 2.22. The van der Waals surface area contributed by atoms with Crippen LogP contribution in [0.4, 0.5) is 49.6 Å². The first-order valence-corrected chi connectivity index (χ1v) is 10.6. The predicted octanol–water partition coefficient (Wildman–Crippen LogP) is 7.59. The van der Waals surface area contributed by atoms with Crippen LogP contribution in [0, 0.1) is 0 Å². The maximum absolute atomic E-state index is 14.1. The van der Waals surface area contributed by atoms with Crippen molar-refractivity contribution in [2.24, 2.45) is 0 Å². The molecule has 0 saturated heterocycles. The van der Waals surface area contributed by atoms with Crippen molar-refractivity contribution in [1.82, 2.24) is 4.98 Å². The third-order valence-corrected chi connectivity index (χ3v) is 5.12. The Morgan fingerprint density at radius 1 is 0.744 bits per heavy atom. The maximum Gasteiger partial charge on any atom is 0.435 e. The number of hydrogen-bond donors (Lipinski definition) is 1. The normalized spacial score (nSPS) is 13.5. The molecule has 1 aromatic heterocycles. The van der Waals surface area contributed by atoms with Gasteiger partial charge in [-0.25, -0.2) is 9.37 Å². The average molecular weight is 570 g/mol. The van der Waals surface area contributed by atoms with Gasteiger partial charge in [-0.1, -0.05) is 12.1 Å². The van der Waals surface area contributed by atoms with Crippen LogP contribution in [-0.2, 0) is 16.6 Å². The van der Waals surface area contributed by atoms with Gasteiger partial charge in [0.2, 0.25) is 5.88 Å². The quantitative estimate of drug-likeness (QED) is 0.298. The Morgan fingerprint density at radius 2 is 1.26 bits per heavy atom. The number of hydrogen-bond acceptors (Lipinski definition) is 4. The van der Waals surface area contributed by atoms with Crippen LogP contribution >= 0.6 is 0 Å². The molecule has 0 spiro atoms. The second-order valence-corrected chi connectivity index (χ2v) is 7.94. The molecule has 15 heteroatoms. The standard InChI is InChI=1S/C24H16F10N2O3/c1-13(20(37)36-16-5-2-14(3-6-16)21(25,23(29,30)31)24(32,33)34)38-17-7-9-18(10-8-17)39-19-11-4-15(12-35-19)22(26,27)28/h2-13H,1H3,(H,36,37)/t13-/m1/s1. The first-order valence-electron chi connectivity index (χ1n) is 10.6. The molecule has 1 atom stereocenters. The monoisotopic (exact) mass is 570 g/mol. The molecule has 1 N–H and O–H groups in total. The molecule has 0 aliphatic rings. The zero-order chi connectivity index (χ0) is 29.2. The molecule has 0 bridgehead atoms. The number of ether oxygens (including phenoxy) is 2. The second kappa shape index (κ2) is 10.6. The lowest BCUT2D eigenvalue weighted by Crippen LogP contribution is -2.50. The third kappa shape index (κ3) is 6.70. The minimum absolute atomic E-state index is 0.120. The van der Waals surface area contributed by atoms with E-state index in [0.717, 1.165) is 12.1 Å². The number of nitrogens with one attached hydrogen (secondary N) is 1. The molecule has 1 amide bonds. The molecule has 0 unspecified atom stereocenters. The molecule has 0 aliphatic carbocycles. The minimum Gasteiger partial charge on any atom is -0.481 e. The Morgan fingerprint density at radius 3 is 1.72 bits per heavy atom. The molecule has 3 aromatic rings. The molecule has 3 rings (SSSR count). The molecular formula is C24H16F10N2O3. The summed E-state index contributed by atoms with van der Waals surface area (Å²) < 4.78 is 140. The van der Waals surface area contributed by atoms with Crippen molar-refractivity contribution >= 4 is 11.6 Å². The summed E-state index contributed by atoms with van der Waals surface area (Å²) in [6.07, 6.45) is -17.7. The molecule has 0 radical (unpaired) electrons. The Balaban J connectivity index is 1.60. The number of benzene rings is 2. The van der Waals surface area contributed by atoms with Crippen molar-refractivity contribution in [3.8, 4) is 17.4 Å². The van der Waals surface area contributed by atoms with E-state index in [0.29, 0.717) is 18.3 Å². The highest BCUT2D eigenvalue weighted by Crippen LogP contribution is 2.53. The number of carbonyl (C=O) groups excluding carboxylic acids is 1. The summed E-state index contributed by atoms with van der Waals surface area (Å²) in [5.41, 5.74) is -8.49. The number of amides is 1. The van der Waals surface area contributed by atoms with Gasteiger partial charge in [0.05, 0.1) is 5.56 Å². The number of rotatable bonds is 7. The number of alkyl halides is 10. The summed E-state index contributed by atoms with van der Waals surface area (Å²) >= 11 is 0. The molecule has 0 aliphatic heterocycles. The smallest absolute Gasteiger partial charge is 0.435 e. The van der Waals surface area contributed by atoms with Crippen molar-refractivity contribution in [2.45, 2.75) is 37.2 Å². The van der Waals surface area contributed by atoms with E-state index < -0.39 is 47.3 Å². The van der Waals surface area contributed by atoms with E-state index in [1.165, 1.54) is 31.2 Å². The number of aromatic nitrogens is 1. The van der Waals surface area contributed by atoms with Crippen molar-refractivity contribution < 1.29 is 58.2 Å². The van der Waals surface area contributed by atoms with Gasteiger partial charge < -0.3 is 14.8 Å². The van der Waals surface area contributed by atoms with Gasteiger partial charge >= 0.3 is 24.2 Å². The lowest BCUT2D eigenvalue weighted by Gasteiger charge is -2.30. The van der Waals surface area contributed by atoms with Gasteiger partial charge in [-0.05, 0) is 49.4 Å². The molecule has 2 aromatic carbocycles. The van der Waals surface area contributed by atoms with Gasteiger partial charge in [-0.15, -0.1) is 0 Å². The molecule has 1 heterocycles. The van der Waals surface area contributed by atoms with Crippen molar-refractivity contribution in [3.63, 3.8) is 0 Å². The van der Waals surface area contributed by atoms with Gasteiger partial charge in [0, 0.05) is 23.5 Å². The summed E-state index contributed by atoms with van der Waals surface area (Å²) in [6.45, 7) is 1.29. The predicted molar refractivity (Wildman–Crippen MR) is 116 cm³/mol.